The Hall–Kier alpha value is -2.00. The molecule has 1 atom stereocenters. The van der Waals surface area contributed by atoms with Crippen LogP contribution in [0.1, 0.15) is 31.9 Å². The van der Waals surface area contributed by atoms with Crippen LogP contribution in [0, 0.1) is 0 Å². The van der Waals surface area contributed by atoms with Gasteiger partial charge in [0, 0.05) is 30.6 Å². The van der Waals surface area contributed by atoms with Crippen molar-refractivity contribution >= 4 is 34.1 Å². The molecule has 0 spiro atoms. The molecule has 9 heteroatoms. The topological polar surface area (TPSA) is 85.4 Å². The Kier molecular flexibility index (Phi) is 6.78. The Morgan fingerprint density at radius 1 is 1.41 bits per heavy atom. The Morgan fingerprint density at radius 2 is 2.26 bits per heavy atom. The minimum atomic E-state index is -0.0579. The maximum absolute atomic E-state index is 12.2. The lowest BCUT2D eigenvalue weighted by Crippen LogP contribution is -2.24. The van der Waals surface area contributed by atoms with Crippen LogP contribution >= 0.6 is 23.1 Å². The van der Waals surface area contributed by atoms with Crippen LogP contribution in [0.2, 0.25) is 0 Å². The number of carbonyl (C=O) groups is 1. The molecule has 27 heavy (non-hydrogen) atoms. The molecule has 146 valence electrons. The van der Waals surface area contributed by atoms with Crippen molar-refractivity contribution in [3.8, 4) is 11.5 Å². The van der Waals surface area contributed by atoms with Crippen LogP contribution < -0.4 is 20.1 Å². The van der Waals surface area contributed by atoms with Crippen LogP contribution in [0.4, 0.5) is 5.13 Å². The molecule has 3 rings (SSSR count). The molecule has 0 aliphatic carbocycles. The van der Waals surface area contributed by atoms with Crippen molar-refractivity contribution in [2.24, 2.45) is 0 Å². The van der Waals surface area contributed by atoms with E-state index < -0.39 is 0 Å². The van der Waals surface area contributed by atoms with E-state index in [1.807, 2.05) is 32.9 Å². The van der Waals surface area contributed by atoms with Gasteiger partial charge in [0.25, 0.3) is 0 Å². The summed E-state index contributed by atoms with van der Waals surface area (Å²) in [6.07, 6.45) is 1.06. The highest BCUT2D eigenvalue weighted by atomic mass is 32.2. The molecule has 1 aromatic heterocycles. The van der Waals surface area contributed by atoms with Crippen LogP contribution in [-0.2, 0) is 17.8 Å². The largest absolute Gasteiger partial charge is 0.494 e. The molecule has 1 aromatic carbocycles. The lowest BCUT2D eigenvalue weighted by molar-refractivity contribution is -0.118. The lowest BCUT2D eigenvalue weighted by atomic mass is 10.1. The van der Waals surface area contributed by atoms with E-state index in [4.69, 9.17) is 9.47 Å². The number of hydrogen-bond acceptors (Lipinski definition) is 8. The van der Waals surface area contributed by atoms with E-state index in [9.17, 15) is 4.79 Å². The normalized spacial score (nSPS) is 15.1. The van der Waals surface area contributed by atoms with Gasteiger partial charge in [-0.3, -0.25) is 4.79 Å². The van der Waals surface area contributed by atoms with E-state index in [0.717, 1.165) is 45.1 Å². The Labute approximate surface area is 167 Å². The van der Waals surface area contributed by atoms with Gasteiger partial charge in [-0.15, -0.1) is 10.2 Å². The van der Waals surface area contributed by atoms with Gasteiger partial charge in [-0.2, -0.15) is 0 Å². The molecule has 2 N–H and O–H groups in total. The van der Waals surface area contributed by atoms with Crippen LogP contribution in [0.15, 0.2) is 16.5 Å². The molecule has 0 saturated carbocycles. The number of rotatable bonds is 9. The van der Waals surface area contributed by atoms with Gasteiger partial charge in [0.2, 0.25) is 11.0 Å². The highest BCUT2D eigenvalue weighted by Gasteiger charge is 2.22. The van der Waals surface area contributed by atoms with Gasteiger partial charge in [0.15, 0.2) is 4.34 Å². The molecule has 1 aliphatic heterocycles. The second-order valence-corrected chi connectivity index (χ2v) is 8.30. The lowest BCUT2D eigenvalue weighted by Gasteiger charge is -2.13. The third-order valence-electron chi connectivity index (χ3n) is 3.92. The molecule has 2 aromatic rings. The molecular weight excluding hydrogens is 384 g/mol. The predicted octanol–water partition coefficient (Wildman–Crippen LogP) is 3.10. The summed E-state index contributed by atoms with van der Waals surface area (Å²) in [6, 6.07) is 4.01. The van der Waals surface area contributed by atoms with Crippen LogP contribution in [0.5, 0.6) is 11.5 Å². The second kappa shape index (κ2) is 9.27. The molecule has 0 unspecified atom stereocenters. The summed E-state index contributed by atoms with van der Waals surface area (Å²) in [5, 5.41) is 14.9. The summed E-state index contributed by atoms with van der Waals surface area (Å²) in [5.41, 5.74) is 2.08. The zero-order valence-corrected chi connectivity index (χ0v) is 17.3. The number of amides is 1. The molecule has 0 fully saturated rings. The zero-order chi connectivity index (χ0) is 19.2. The van der Waals surface area contributed by atoms with Crippen molar-refractivity contribution in [2.45, 2.75) is 44.2 Å². The van der Waals surface area contributed by atoms with Crippen LogP contribution in [0.3, 0.4) is 0 Å². The highest BCUT2D eigenvalue weighted by molar-refractivity contribution is 8.01. The maximum Gasteiger partial charge on any atom is 0.230 e. The summed E-state index contributed by atoms with van der Waals surface area (Å²) in [4.78, 5) is 12.2. The number of hydrogen-bond donors (Lipinski definition) is 2. The number of fused-ring (bicyclic) bond motifs is 1. The third-order valence-corrected chi connectivity index (χ3v) is 5.93. The number of ether oxygens (including phenoxy) is 2. The summed E-state index contributed by atoms with van der Waals surface area (Å²) in [7, 11) is 0. The van der Waals surface area contributed by atoms with Gasteiger partial charge in [-0.1, -0.05) is 23.1 Å². The molecule has 7 nitrogen and oxygen atoms in total. The van der Waals surface area contributed by atoms with Gasteiger partial charge in [-0.25, -0.2) is 0 Å². The Morgan fingerprint density at radius 3 is 3.04 bits per heavy atom. The van der Waals surface area contributed by atoms with E-state index in [2.05, 4.69) is 20.8 Å². The molecule has 0 radical (unpaired) electrons. The first-order valence-corrected chi connectivity index (χ1v) is 10.8. The average Bonchev–Trinajstić information content (AvgIpc) is 3.23. The van der Waals surface area contributed by atoms with Gasteiger partial charge in [0.1, 0.15) is 17.6 Å². The minimum Gasteiger partial charge on any atom is -0.494 e. The predicted molar refractivity (Wildman–Crippen MR) is 108 cm³/mol. The van der Waals surface area contributed by atoms with Crippen molar-refractivity contribution in [2.75, 3.05) is 24.2 Å². The van der Waals surface area contributed by atoms with Crippen molar-refractivity contribution in [3.05, 3.63) is 23.3 Å². The number of thioether (sulfide) groups is 1. The fourth-order valence-electron chi connectivity index (χ4n) is 2.77. The molecule has 2 heterocycles. The van der Waals surface area contributed by atoms with Gasteiger partial charge in [0.05, 0.1) is 12.4 Å². The average molecular weight is 409 g/mol. The summed E-state index contributed by atoms with van der Waals surface area (Å²) in [5.74, 6) is 1.93. The first-order chi connectivity index (χ1) is 13.1. The Balaban J connectivity index is 1.55. The van der Waals surface area contributed by atoms with E-state index in [1.165, 1.54) is 23.1 Å². The number of nitrogens with one attached hydrogen (secondary N) is 2. The fourth-order valence-corrected chi connectivity index (χ4v) is 4.42. The first kappa shape index (κ1) is 19.8. The van der Waals surface area contributed by atoms with Gasteiger partial charge < -0.3 is 20.1 Å². The number of anilines is 1. The molecular formula is C18H24N4O3S2. The minimum absolute atomic E-state index is 0.0579. The number of carbonyl (C=O) groups excluding carboxylic acids is 1. The fraction of sp³-hybridized carbons (Fsp3) is 0.500. The Bertz CT molecular complexity index is 797. The summed E-state index contributed by atoms with van der Waals surface area (Å²) < 4.78 is 12.3. The van der Waals surface area contributed by atoms with Crippen LogP contribution in [0.25, 0.3) is 0 Å². The molecule has 0 saturated heterocycles. The van der Waals surface area contributed by atoms with Crippen molar-refractivity contribution in [1.82, 2.24) is 15.5 Å². The maximum atomic E-state index is 12.2. The second-order valence-electron chi connectivity index (χ2n) is 6.10. The number of aromatic nitrogens is 2. The molecule has 1 aliphatic rings. The van der Waals surface area contributed by atoms with Gasteiger partial charge >= 0.3 is 0 Å². The number of benzene rings is 1. The monoisotopic (exact) mass is 408 g/mol. The van der Waals surface area contributed by atoms with Crippen LogP contribution in [-0.4, -0.2) is 41.1 Å². The quantitative estimate of drug-likeness (QED) is 0.617. The first-order valence-electron chi connectivity index (χ1n) is 9.01. The van der Waals surface area contributed by atoms with Crippen molar-refractivity contribution in [1.29, 1.82) is 0 Å². The van der Waals surface area contributed by atoms with E-state index >= 15 is 0 Å². The van der Waals surface area contributed by atoms with E-state index in [0.29, 0.717) is 18.9 Å². The SMILES string of the molecule is CCNc1nnc(SCC(=O)NCc2cc3c(cc2OCC)C[C@@H](C)O3)s1. The summed E-state index contributed by atoms with van der Waals surface area (Å²) in [6.45, 7) is 7.78. The third kappa shape index (κ3) is 5.26. The molecule has 1 amide bonds. The number of nitrogens with zero attached hydrogens (tertiary/aromatic N) is 2. The van der Waals surface area contributed by atoms with E-state index in [-0.39, 0.29) is 12.0 Å². The molecule has 0 bridgehead atoms. The van der Waals surface area contributed by atoms with Crippen molar-refractivity contribution < 1.29 is 14.3 Å². The van der Waals surface area contributed by atoms with Crippen molar-refractivity contribution in [3.63, 3.8) is 0 Å². The van der Waals surface area contributed by atoms with Gasteiger partial charge in [-0.05, 0) is 32.9 Å². The highest BCUT2D eigenvalue weighted by Crippen LogP contribution is 2.35. The standard InChI is InChI=1S/C18H24N4O3S2/c1-4-19-17-21-22-18(27-17)26-10-16(23)20-9-13-8-15-12(6-11(3)25-15)7-14(13)24-5-2/h7-8,11H,4-6,9-10H2,1-3H3,(H,19,21)(H,20,23)/t11-/m1/s1. The summed E-state index contributed by atoms with van der Waals surface area (Å²) >= 11 is 2.83. The smallest absolute Gasteiger partial charge is 0.230 e. The zero-order valence-electron chi connectivity index (χ0n) is 15.7. The van der Waals surface area contributed by atoms with E-state index in [1.54, 1.807) is 0 Å².